The van der Waals surface area contributed by atoms with Crippen molar-refractivity contribution in [2.45, 2.75) is 37.2 Å². The van der Waals surface area contributed by atoms with E-state index in [9.17, 15) is 9.18 Å². The van der Waals surface area contributed by atoms with Gasteiger partial charge in [-0.05, 0) is 31.0 Å². The molecule has 3 heterocycles. The quantitative estimate of drug-likeness (QED) is 0.273. The number of carbonyl (C=O) groups is 1. The first-order chi connectivity index (χ1) is 16.6. The average Bonchev–Trinajstić information content (AvgIpc) is 3.45. The van der Waals surface area contributed by atoms with Gasteiger partial charge < -0.3 is 15.0 Å². The van der Waals surface area contributed by atoms with Gasteiger partial charge in [-0.15, -0.1) is 5.10 Å². The predicted octanol–water partition coefficient (Wildman–Crippen LogP) is 5.43. The van der Waals surface area contributed by atoms with Gasteiger partial charge in [0.05, 0.1) is 12.2 Å². The molecule has 0 bridgehead atoms. The summed E-state index contributed by atoms with van der Waals surface area (Å²) in [6.07, 6.45) is 2.63. The SMILES string of the molecule is CCCOC(=O)C1=C(C)Nc2nc(SCc3ccccc3F)nn2C1c1c[nH]c2ccccc12. The number of thioether (sulfide) groups is 1. The van der Waals surface area contributed by atoms with Crippen molar-refractivity contribution in [3.8, 4) is 0 Å². The maximum Gasteiger partial charge on any atom is 0.338 e. The zero-order valence-corrected chi connectivity index (χ0v) is 19.7. The fourth-order valence-corrected chi connectivity index (χ4v) is 4.91. The molecule has 0 fully saturated rings. The van der Waals surface area contributed by atoms with Crippen LogP contribution in [-0.4, -0.2) is 32.3 Å². The molecule has 0 saturated heterocycles. The molecule has 34 heavy (non-hydrogen) atoms. The van der Waals surface area contributed by atoms with Crippen LogP contribution in [0.2, 0.25) is 0 Å². The number of halogens is 1. The minimum atomic E-state index is -0.521. The second kappa shape index (κ2) is 9.34. The van der Waals surface area contributed by atoms with Crippen LogP contribution in [-0.2, 0) is 15.3 Å². The first kappa shape index (κ1) is 22.2. The van der Waals surface area contributed by atoms with Crippen LogP contribution in [0.3, 0.4) is 0 Å². The Bertz CT molecular complexity index is 1390. The Hall–Kier alpha value is -3.59. The first-order valence-electron chi connectivity index (χ1n) is 11.1. The smallest absolute Gasteiger partial charge is 0.338 e. The number of hydrogen-bond donors (Lipinski definition) is 2. The molecule has 1 aliphatic heterocycles. The third kappa shape index (κ3) is 4.07. The average molecular weight is 478 g/mol. The molecule has 0 saturated carbocycles. The molecule has 7 nitrogen and oxygen atoms in total. The number of fused-ring (bicyclic) bond motifs is 2. The molecule has 1 aliphatic rings. The Kier molecular flexibility index (Phi) is 6.10. The van der Waals surface area contributed by atoms with Gasteiger partial charge in [-0.25, -0.2) is 13.9 Å². The van der Waals surface area contributed by atoms with Crippen molar-refractivity contribution in [1.82, 2.24) is 19.7 Å². The molecular weight excluding hydrogens is 453 g/mol. The lowest BCUT2D eigenvalue weighted by atomic mass is 9.95. The van der Waals surface area contributed by atoms with Crippen LogP contribution in [0.5, 0.6) is 0 Å². The number of nitrogens with zero attached hydrogens (tertiary/aromatic N) is 3. The summed E-state index contributed by atoms with van der Waals surface area (Å²) in [5.74, 6) is 0.276. The molecule has 9 heteroatoms. The summed E-state index contributed by atoms with van der Waals surface area (Å²) in [6.45, 7) is 4.14. The molecule has 0 radical (unpaired) electrons. The zero-order valence-electron chi connectivity index (χ0n) is 18.8. The van der Waals surface area contributed by atoms with Gasteiger partial charge in [0.1, 0.15) is 11.9 Å². The standard InChI is InChI=1S/C25H24FN5O2S/c1-3-12-33-23(32)21-15(2)28-24-29-25(34-14-16-8-4-6-10-19(16)26)30-31(24)22(21)18-13-27-20-11-7-5-9-17(18)20/h4-11,13,22,27H,3,12,14H2,1-2H3,(H,28,29,30). The zero-order chi connectivity index (χ0) is 23.7. The van der Waals surface area contributed by atoms with E-state index in [4.69, 9.17) is 9.84 Å². The fourth-order valence-electron chi connectivity index (χ4n) is 4.09. The van der Waals surface area contributed by atoms with Crippen LogP contribution in [0.1, 0.15) is 37.4 Å². The molecule has 2 aromatic heterocycles. The largest absolute Gasteiger partial charge is 0.462 e. The number of aromatic nitrogens is 4. The normalized spacial score (nSPS) is 15.3. The highest BCUT2D eigenvalue weighted by Crippen LogP contribution is 2.39. The van der Waals surface area contributed by atoms with Gasteiger partial charge in [-0.3, -0.25) is 0 Å². The number of anilines is 1. The number of benzene rings is 2. The van der Waals surface area contributed by atoms with Crippen LogP contribution in [0.25, 0.3) is 10.9 Å². The molecule has 1 unspecified atom stereocenters. The van der Waals surface area contributed by atoms with E-state index < -0.39 is 6.04 Å². The number of aromatic amines is 1. The molecular formula is C25H24FN5O2S. The van der Waals surface area contributed by atoms with E-state index in [1.54, 1.807) is 22.9 Å². The van der Waals surface area contributed by atoms with E-state index in [1.807, 2.05) is 44.3 Å². The second-order valence-corrected chi connectivity index (χ2v) is 8.98. The molecule has 2 N–H and O–H groups in total. The Morgan fingerprint density at radius 2 is 2.00 bits per heavy atom. The molecule has 0 spiro atoms. The molecule has 5 rings (SSSR count). The molecule has 0 amide bonds. The summed E-state index contributed by atoms with van der Waals surface area (Å²) in [4.78, 5) is 21.1. The number of esters is 1. The highest BCUT2D eigenvalue weighted by molar-refractivity contribution is 7.98. The van der Waals surface area contributed by atoms with Crippen LogP contribution in [0.15, 0.2) is 71.2 Å². The third-order valence-corrected chi connectivity index (χ3v) is 6.61. The van der Waals surface area contributed by atoms with Crippen molar-refractivity contribution in [1.29, 1.82) is 0 Å². The van der Waals surface area contributed by atoms with E-state index in [-0.39, 0.29) is 11.8 Å². The van der Waals surface area contributed by atoms with Crippen molar-refractivity contribution in [2.24, 2.45) is 0 Å². The van der Waals surface area contributed by atoms with E-state index in [0.29, 0.717) is 40.3 Å². The minimum Gasteiger partial charge on any atom is -0.462 e. The summed E-state index contributed by atoms with van der Waals surface area (Å²) in [7, 11) is 0. The number of para-hydroxylation sites is 1. The predicted molar refractivity (Wildman–Crippen MR) is 130 cm³/mol. The lowest BCUT2D eigenvalue weighted by Gasteiger charge is -2.27. The molecule has 0 aliphatic carbocycles. The number of H-pyrrole nitrogens is 1. The third-order valence-electron chi connectivity index (χ3n) is 5.72. The number of allylic oxidation sites excluding steroid dienone is 1. The fraction of sp³-hybridized carbons (Fsp3) is 0.240. The molecule has 2 aromatic carbocycles. The molecule has 1 atom stereocenters. The lowest BCUT2D eigenvalue weighted by molar-refractivity contribution is -0.139. The minimum absolute atomic E-state index is 0.257. The Morgan fingerprint density at radius 1 is 1.21 bits per heavy atom. The van der Waals surface area contributed by atoms with Gasteiger partial charge in [-0.2, -0.15) is 4.98 Å². The van der Waals surface area contributed by atoms with Crippen LogP contribution >= 0.6 is 11.8 Å². The van der Waals surface area contributed by atoms with Crippen molar-refractivity contribution in [3.63, 3.8) is 0 Å². The van der Waals surface area contributed by atoms with Crippen LogP contribution in [0, 0.1) is 5.82 Å². The van der Waals surface area contributed by atoms with Crippen molar-refractivity contribution in [2.75, 3.05) is 11.9 Å². The summed E-state index contributed by atoms with van der Waals surface area (Å²) >= 11 is 1.34. The highest BCUT2D eigenvalue weighted by atomic mass is 32.2. The van der Waals surface area contributed by atoms with Gasteiger partial charge in [0.15, 0.2) is 0 Å². The molecule has 174 valence electrons. The number of rotatable bonds is 7. The van der Waals surface area contributed by atoms with E-state index >= 15 is 0 Å². The molecule has 4 aromatic rings. The summed E-state index contributed by atoms with van der Waals surface area (Å²) in [5, 5.41) is 9.41. The van der Waals surface area contributed by atoms with Gasteiger partial charge >= 0.3 is 5.97 Å². The van der Waals surface area contributed by atoms with E-state index in [1.165, 1.54) is 17.8 Å². The number of carbonyl (C=O) groups excluding carboxylic acids is 1. The topological polar surface area (TPSA) is 84.8 Å². The van der Waals surface area contributed by atoms with Gasteiger partial charge in [-0.1, -0.05) is 55.1 Å². The summed E-state index contributed by atoms with van der Waals surface area (Å²) in [5.41, 5.74) is 3.60. The van der Waals surface area contributed by atoms with Gasteiger partial charge in [0, 0.05) is 34.1 Å². The number of nitrogens with one attached hydrogen (secondary N) is 2. The maximum atomic E-state index is 14.1. The van der Waals surface area contributed by atoms with Crippen LogP contribution in [0.4, 0.5) is 10.3 Å². The van der Waals surface area contributed by atoms with E-state index in [0.717, 1.165) is 22.9 Å². The Labute approximate surface area is 200 Å². The van der Waals surface area contributed by atoms with Crippen molar-refractivity contribution < 1.29 is 13.9 Å². The van der Waals surface area contributed by atoms with Crippen LogP contribution < -0.4 is 5.32 Å². The Balaban J connectivity index is 1.55. The highest BCUT2D eigenvalue weighted by Gasteiger charge is 2.36. The Morgan fingerprint density at radius 3 is 2.82 bits per heavy atom. The monoisotopic (exact) mass is 477 g/mol. The van der Waals surface area contributed by atoms with Crippen molar-refractivity contribution >= 4 is 34.6 Å². The summed E-state index contributed by atoms with van der Waals surface area (Å²) in [6, 6.07) is 14.1. The van der Waals surface area contributed by atoms with E-state index in [2.05, 4.69) is 15.3 Å². The second-order valence-electron chi connectivity index (χ2n) is 8.03. The van der Waals surface area contributed by atoms with Gasteiger partial charge in [0.2, 0.25) is 11.1 Å². The van der Waals surface area contributed by atoms with Crippen molar-refractivity contribution in [3.05, 3.63) is 82.9 Å². The number of ether oxygens (including phenoxy) is 1. The number of hydrogen-bond acceptors (Lipinski definition) is 6. The lowest BCUT2D eigenvalue weighted by Crippen LogP contribution is -2.29. The summed E-state index contributed by atoms with van der Waals surface area (Å²) < 4.78 is 21.3. The van der Waals surface area contributed by atoms with Gasteiger partial charge in [0.25, 0.3) is 0 Å². The first-order valence-corrected chi connectivity index (χ1v) is 12.1. The maximum absolute atomic E-state index is 14.1.